The Labute approximate surface area is 126 Å². The third-order valence-electron chi connectivity index (χ3n) is 5.04. The van der Waals surface area contributed by atoms with Gasteiger partial charge in [-0.1, -0.05) is 13.3 Å². The zero-order chi connectivity index (χ0) is 14.7. The molecule has 0 spiro atoms. The van der Waals surface area contributed by atoms with E-state index in [0.717, 1.165) is 37.0 Å². The largest absolute Gasteiger partial charge is 0.383 e. The van der Waals surface area contributed by atoms with Gasteiger partial charge in [0.25, 0.3) is 5.91 Å². The SMILES string of the molecule is CCCNc1cnccc1C(=O)NCC1CC2CCC1C2. The third kappa shape index (κ3) is 3.20. The molecule has 0 aromatic carbocycles. The van der Waals surface area contributed by atoms with Crippen LogP contribution in [0.2, 0.25) is 0 Å². The zero-order valence-corrected chi connectivity index (χ0v) is 12.8. The molecular weight excluding hydrogens is 262 g/mol. The molecule has 2 aliphatic rings. The minimum atomic E-state index is 0.0266. The molecule has 4 heteroatoms. The van der Waals surface area contributed by atoms with E-state index >= 15 is 0 Å². The first kappa shape index (κ1) is 14.4. The molecule has 0 radical (unpaired) electrons. The maximum atomic E-state index is 12.4. The van der Waals surface area contributed by atoms with Gasteiger partial charge < -0.3 is 10.6 Å². The molecule has 1 heterocycles. The maximum Gasteiger partial charge on any atom is 0.253 e. The van der Waals surface area contributed by atoms with E-state index in [1.165, 1.54) is 25.7 Å². The monoisotopic (exact) mass is 287 g/mol. The van der Waals surface area contributed by atoms with Crippen LogP contribution in [0.3, 0.4) is 0 Å². The van der Waals surface area contributed by atoms with Crippen molar-refractivity contribution in [2.24, 2.45) is 17.8 Å². The number of amides is 1. The molecule has 0 aliphatic heterocycles. The fraction of sp³-hybridized carbons (Fsp3) is 0.647. The van der Waals surface area contributed by atoms with Crippen molar-refractivity contribution in [3.63, 3.8) is 0 Å². The summed E-state index contributed by atoms with van der Waals surface area (Å²) in [5.41, 5.74) is 1.55. The molecular formula is C17H25N3O. The average Bonchev–Trinajstić information content (AvgIpc) is 3.13. The molecule has 3 rings (SSSR count). The van der Waals surface area contributed by atoms with Crippen LogP contribution in [0.4, 0.5) is 5.69 Å². The van der Waals surface area contributed by atoms with E-state index in [2.05, 4.69) is 22.5 Å². The van der Waals surface area contributed by atoms with E-state index in [4.69, 9.17) is 0 Å². The Morgan fingerprint density at radius 3 is 3.00 bits per heavy atom. The number of aromatic nitrogens is 1. The zero-order valence-electron chi connectivity index (χ0n) is 12.8. The van der Waals surface area contributed by atoms with Gasteiger partial charge in [0.2, 0.25) is 0 Å². The molecule has 2 N–H and O–H groups in total. The number of hydrogen-bond acceptors (Lipinski definition) is 3. The molecule has 1 aromatic rings. The van der Waals surface area contributed by atoms with Crippen LogP contribution < -0.4 is 10.6 Å². The number of pyridine rings is 1. The van der Waals surface area contributed by atoms with Crippen LogP contribution in [-0.2, 0) is 0 Å². The highest BCUT2D eigenvalue weighted by molar-refractivity contribution is 5.99. The van der Waals surface area contributed by atoms with Crippen LogP contribution in [-0.4, -0.2) is 24.0 Å². The molecule has 114 valence electrons. The maximum absolute atomic E-state index is 12.4. The molecule has 1 amide bonds. The van der Waals surface area contributed by atoms with Gasteiger partial charge in [0.1, 0.15) is 0 Å². The van der Waals surface area contributed by atoms with E-state index in [-0.39, 0.29) is 5.91 Å². The summed E-state index contributed by atoms with van der Waals surface area (Å²) < 4.78 is 0. The average molecular weight is 287 g/mol. The number of nitrogens with zero attached hydrogens (tertiary/aromatic N) is 1. The third-order valence-corrected chi connectivity index (χ3v) is 5.04. The molecule has 2 aliphatic carbocycles. The first-order valence-corrected chi connectivity index (χ1v) is 8.24. The minimum Gasteiger partial charge on any atom is -0.383 e. The second-order valence-corrected chi connectivity index (χ2v) is 6.49. The normalized spacial score (nSPS) is 26.8. The van der Waals surface area contributed by atoms with Crippen LogP contribution in [0.15, 0.2) is 18.5 Å². The smallest absolute Gasteiger partial charge is 0.253 e. The Morgan fingerprint density at radius 2 is 2.29 bits per heavy atom. The summed E-state index contributed by atoms with van der Waals surface area (Å²) in [5, 5.41) is 6.41. The molecule has 0 saturated heterocycles. The molecule has 3 atom stereocenters. The first-order valence-electron chi connectivity index (χ1n) is 8.24. The quantitative estimate of drug-likeness (QED) is 0.845. The molecule has 1 aromatic heterocycles. The molecule has 2 bridgehead atoms. The topological polar surface area (TPSA) is 54.0 Å². The summed E-state index contributed by atoms with van der Waals surface area (Å²) in [5.74, 6) is 2.51. The summed E-state index contributed by atoms with van der Waals surface area (Å²) >= 11 is 0. The van der Waals surface area contributed by atoms with Gasteiger partial charge in [0.15, 0.2) is 0 Å². The molecule has 2 saturated carbocycles. The number of rotatable bonds is 6. The molecule has 4 nitrogen and oxygen atoms in total. The van der Waals surface area contributed by atoms with Gasteiger partial charge in [-0.25, -0.2) is 0 Å². The molecule has 3 unspecified atom stereocenters. The summed E-state index contributed by atoms with van der Waals surface area (Å²) in [4.78, 5) is 16.5. The number of fused-ring (bicyclic) bond motifs is 2. The highest BCUT2D eigenvalue weighted by Crippen LogP contribution is 2.47. The lowest BCUT2D eigenvalue weighted by Gasteiger charge is -2.22. The highest BCUT2D eigenvalue weighted by Gasteiger charge is 2.39. The van der Waals surface area contributed by atoms with Gasteiger partial charge in [0, 0.05) is 19.3 Å². The Balaban J connectivity index is 1.57. The predicted molar refractivity (Wildman–Crippen MR) is 84.3 cm³/mol. The molecule has 21 heavy (non-hydrogen) atoms. The highest BCUT2D eigenvalue weighted by atomic mass is 16.1. The van der Waals surface area contributed by atoms with Crippen molar-refractivity contribution >= 4 is 11.6 Å². The Morgan fingerprint density at radius 1 is 1.38 bits per heavy atom. The van der Waals surface area contributed by atoms with E-state index in [0.29, 0.717) is 11.5 Å². The Hall–Kier alpha value is -1.58. The second-order valence-electron chi connectivity index (χ2n) is 6.49. The lowest BCUT2D eigenvalue weighted by molar-refractivity contribution is 0.0942. The predicted octanol–water partition coefficient (Wildman–Crippen LogP) is 3.07. The van der Waals surface area contributed by atoms with Crippen molar-refractivity contribution in [2.75, 3.05) is 18.4 Å². The summed E-state index contributed by atoms with van der Waals surface area (Å²) in [6.45, 7) is 3.80. The first-order chi connectivity index (χ1) is 10.3. The Kier molecular flexibility index (Phi) is 4.42. The number of nitrogens with one attached hydrogen (secondary N) is 2. The van der Waals surface area contributed by atoms with Crippen molar-refractivity contribution in [1.82, 2.24) is 10.3 Å². The van der Waals surface area contributed by atoms with Gasteiger partial charge in [-0.2, -0.15) is 0 Å². The van der Waals surface area contributed by atoms with Crippen LogP contribution in [0, 0.1) is 17.8 Å². The van der Waals surface area contributed by atoms with Crippen molar-refractivity contribution < 1.29 is 4.79 Å². The van der Waals surface area contributed by atoms with Gasteiger partial charge in [-0.05, 0) is 49.5 Å². The van der Waals surface area contributed by atoms with Crippen LogP contribution >= 0.6 is 0 Å². The van der Waals surface area contributed by atoms with Crippen LogP contribution in [0.25, 0.3) is 0 Å². The van der Waals surface area contributed by atoms with E-state index in [1.54, 1.807) is 18.5 Å². The summed E-state index contributed by atoms with van der Waals surface area (Å²) in [6.07, 6.45) is 9.92. The lowest BCUT2D eigenvalue weighted by atomic mass is 9.89. The molecule has 2 fully saturated rings. The fourth-order valence-electron chi connectivity index (χ4n) is 3.94. The fourth-order valence-corrected chi connectivity index (χ4v) is 3.94. The van der Waals surface area contributed by atoms with Crippen molar-refractivity contribution in [3.05, 3.63) is 24.0 Å². The number of carbonyl (C=O) groups is 1. The Bertz CT molecular complexity index is 503. The number of hydrogen-bond donors (Lipinski definition) is 2. The van der Waals surface area contributed by atoms with Gasteiger partial charge in [-0.3, -0.25) is 9.78 Å². The number of carbonyl (C=O) groups excluding carboxylic acids is 1. The summed E-state index contributed by atoms with van der Waals surface area (Å²) in [7, 11) is 0. The lowest BCUT2D eigenvalue weighted by Crippen LogP contribution is -2.32. The van der Waals surface area contributed by atoms with Crippen LogP contribution in [0.5, 0.6) is 0 Å². The summed E-state index contributed by atoms with van der Waals surface area (Å²) in [6, 6.07) is 1.80. The van der Waals surface area contributed by atoms with Crippen LogP contribution in [0.1, 0.15) is 49.4 Å². The van der Waals surface area contributed by atoms with Gasteiger partial charge in [0.05, 0.1) is 17.4 Å². The van der Waals surface area contributed by atoms with E-state index in [1.807, 2.05) is 0 Å². The van der Waals surface area contributed by atoms with E-state index < -0.39 is 0 Å². The number of anilines is 1. The van der Waals surface area contributed by atoms with E-state index in [9.17, 15) is 4.79 Å². The standard InChI is InChI=1S/C17H25N3O/c1-2-6-19-16-11-18-7-5-15(16)17(21)20-10-14-9-12-3-4-13(14)8-12/h5,7,11-14,19H,2-4,6,8-10H2,1H3,(H,20,21). The van der Waals surface area contributed by atoms with Gasteiger partial charge in [-0.15, -0.1) is 0 Å². The van der Waals surface area contributed by atoms with Crippen molar-refractivity contribution in [3.8, 4) is 0 Å². The van der Waals surface area contributed by atoms with Crippen molar-refractivity contribution in [1.29, 1.82) is 0 Å². The van der Waals surface area contributed by atoms with Gasteiger partial charge >= 0.3 is 0 Å². The second kappa shape index (κ2) is 6.46. The van der Waals surface area contributed by atoms with Crippen molar-refractivity contribution in [2.45, 2.75) is 39.0 Å². The minimum absolute atomic E-state index is 0.0266.